The number of nitrogens with zero attached hydrogens (tertiary/aromatic N) is 1. The van der Waals surface area contributed by atoms with E-state index in [0.717, 1.165) is 16.5 Å². The van der Waals surface area contributed by atoms with E-state index < -0.39 is 11.5 Å². The Kier molecular flexibility index (Phi) is 2.64. The first-order valence-electron chi connectivity index (χ1n) is 6.24. The maximum atomic E-state index is 12.2. The number of methoxy groups -OCH3 is 1. The molecule has 1 atom stereocenters. The average molecular weight is 270 g/mol. The average Bonchev–Trinajstić information content (AvgIpc) is 2.86. The molecule has 1 aromatic heterocycles. The van der Waals surface area contributed by atoms with E-state index in [1.807, 2.05) is 30.3 Å². The SMILES string of the molecule is COC(=O)C1(C)c2[nH]c3ccccc3c2C=CN1C=O. The molecule has 0 aliphatic carbocycles. The number of esters is 1. The van der Waals surface area contributed by atoms with Crippen LogP contribution in [0.1, 0.15) is 18.2 Å². The quantitative estimate of drug-likeness (QED) is 0.670. The first-order valence-corrected chi connectivity index (χ1v) is 6.24. The fraction of sp³-hybridized carbons (Fsp3) is 0.200. The molecule has 1 aromatic carbocycles. The zero-order valence-electron chi connectivity index (χ0n) is 11.2. The normalized spacial score (nSPS) is 20.8. The van der Waals surface area contributed by atoms with Crippen molar-refractivity contribution in [1.82, 2.24) is 9.88 Å². The Hall–Kier alpha value is -2.56. The molecule has 102 valence electrons. The third kappa shape index (κ3) is 1.43. The second kappa shape index (κ2) is 4.23. The van der Waals surface area contributed by atoms with Crippen LogP contribution >= 0.6 is 0 Å². The minimum Gasteiger partial charge on any atom is -0.467 e. The molecule has 0 radical (unpaired) electrons. The van der Waals surface area contributed by atoms with Gasteiger partial charge in [-0.25, -0.2) is 4.79 Å². The van der Waals surface area contributed by atoms with Crippen molar-refractivity contribution in [2.75, 3.05) is 7.11 Å². The summed E-state index contributed by atoms with van der Waals surface area (Å²) in [5, 5.41) is 1.01. The molecule has 1 amide bonds. The summed E-state index contributed by atoms with van der Waals surface area (Å²) in [4.78, 5) is 28.0. The predicted molar refractivity (Wildman–Crippen MR) is 74.6 cm³/mol. The Balaban J connectivity index is 2.33. The van der Waals surface area contributed by atoms with Gasteiger partial charge in [0.05, 0.1) is 12.8 Å². The van der Waals surface area contributed by atoms with Crippen LogP contribution in [0.4, 0.5) is 0 Å². The van der Waals surface area contributed by atoms with Gasteiger partial charge in [0.2, 0.25) is 6.41 Å². The Morgan fingerprint density at radius 3 is 2.85 bits per heavy atom. The van der Waals surface area contributed by atoms with Crippen LogP contribution in [0.25, 0.3) is 17.0 Å². The first kappa shape index (κ1) is 12.5. The number of benzene rings is 1. The molecule has 2 heterocycles. The number of fused-ring (bicyclic) bond motifs is 3. The molecule has 2 aromatic rings. The second-order valence-electron chi connectivity index (χ2n) is 4.85. The lowest BCUT2D eigenvalue weighted by Gasteiger charge is -2.36. The summed E-state index contributed by atoms with van der Waals surface area (Å²) in [5.41, 5.74) is 1.32. The molecule has 1 aliphatic heterocycles. The first-order chi connectivity index (χ1) is 9.62. The number of aromatic amines is 1. The number of rotatable bonds is 2. The van der Waals surface area contributed by atoms with Crippen molar-refractivity contribution in [3.63, 3.8) is 0 Å². The van der Waals surface area contributed by atoms with Gasteiger partial charge in [-0.05, 0) is 19.1 Å². The highest BCUT2D eigenvalue weighted by Crippen LogP contribution is 2.39. The molecule has 0 spiro atoms. The maximum Gasteiger partial charge on any atom is 0.338 e. The summed E-state index contributed by atoms with van der Waals surface area (Å²) in [7, 11) is 1.32. The minimum atomic E-state index is -1.18. The standard InChI is InChI=1S/C15H14N2O3/c1-15(14(19)20-2)13-11(7-8-17(15)9-18)10-5-3-4-6-12(10)16-13/h3-9,16H,1-2H3. The summed E-state index contributed by atoms with van der Waals surface area (Å²) in [5.74, 6) is -0.484. The molecule has 5 heteroatoms. The van der Waals surface area contributed by atoms with Crippen LogP contribution in [0.5, 0.6) is 0 Å². The third-order valence-electron chi connectivity index (χ3n) is 3.85. The largest absolute Gasteiger partial charge is 0.467 e. The molecule has 0 bridgehead atoms. The highest BCUT2D eigenvalue weighted by atomic mass is 16.5. The smallest absolute Gasteiger partial charge is 0.338 e. The van der Waals surface area contributed by atoms with Crippen LogP contribution in [0.3, 0.4) is 0 Å². The summed E-state index contributed by atoms with van der Waals surface area (Å²) >= 11 is 0. The van der Waals surface area contributed by atoms with Crippen molar-refractivity contribution >= 4 is 29.4 Å². The summed E-state index contributed by atoms with van der Waals surface area (Å²) in [6.45, 7) is 1.67. The molecule has 1 aliphatic rings. The lowest BCUT2D eigenvalue weighted by Crippen LogP contribution is -2.49. The molecule has 20 heavy (non-hydrogen) atoms. The van der Waals surface area contributed by atoms with Crippen molar-refractivity contribution in [2.24, 2.45) is 0 Å². The van der Waals surface area contributed by atoms with Crippen LogP contribution in [0, 0.1) is 0 Å². The molecule has 3 rings (SSSR count). The van der Waals surface area contributed by atoms with Gasteiger partial charge in [-0.3, -0.25) is 9.69 Å². The van der Waals surface area contributed by atoms with Gasteiger partial charge in [0.15, 0.2) is 5.54 Å². The number of ether oxygens (including phenoxy) is 1. The number of H-pyrrole nitrogens is 1. The van der Waals surface area contributed by atoms with Gasteiger partial charge in [-0.15, -0.1) is 0 Å². The van der Waals surface area contributed by atoms with E-state index in [4.69, 9.17) is 4.74 Å². The van der Waals surface area contributed by atoms with Crippen molar-refractivity contribution in [3.05, 3.63) is 41.7 Å². The van der Waals surface area contributed by atoms with E-state index in [0.29, 0.717) is 12.1 Å². The predicted octanol–water partition coefficient (Wildman–Crippen LogP) is 2.00. The van der Waals surface area contributed by atoms with Gasteiger partial charge in [-0.2, -0.15) is 0 Å². The zero-order chi connectivity index (χ0) is 14.3. The van der Waals surface area contributed by atoms with Crippen LogP contribution in [0.2, 0.25) is 0 Å². The van der Waals surface area contributed by atoms with Gasteiger partial charge in [0.25, 0.3) is 0 Å². The molecule has 1 unspecified atom stereocenters. The lowest BCUT2D eigenvalue weighted by molar-refractivity contribution is -0.156. The van der Waals surface area contributed by atoms with Crippen molar-refractivity contribution in [1.29, 1.82) is 0 Å². The summed E-state index contributed by atoms with van der Waals surface area (Å²) in [6, 6.07) is 7.76. The number of hydrogen-bond acceptors (Lipinski definition) is 3. The van der Waals surface area contributed by atoms with E-state index in [1.165, 1.54) is 12.0 Å². The van der Waals surface area contributed by atoms with E-state index in [9.17, 15) is 9.59 Å². The van der Waals surface area contributed by atoms with Crippen LogP contribution in [0.15, 0.2) is 30.5 Å². The van der Waals surface area contributed by atoms with E-state index in [-0.39, 0.29) is 0 Å². The third-order valence-corrected chi connectivity index (χ3v) is 3.85. The number of carbonyl (C=O) groups is 2. The molecule has 5 nitrogen and oxygen atoms in total. The van der Waals surface area contributed by atoms with E-state index in [2.05, 4.69) is 4.98 Å². The number of carbonyl (C=O) groups excluding carboxylic acids is 2. The van der Waals surface area contributed by atoms with Gasteiger partial charge in [-0.1, -0.05) is 18.2 Å². The Morgan fingerprint density at radius 1 is 1.40 bits per heavy atom. The van der Waals surface area contributed by atoms with Gasteiger partial charge < -0.3 is 9.72 Å². The fourth-order valence-corrected chi connectivity index (χ4v) is 2.70. The molecule has 0 fully saturated rings. The van der Waals surface area contributed by atoms with Crippen LogP contribution < -0.4 is 0 Å². The van der Waals surface area contributed by atoms with Crippen LogP contribution in [-0.4, -0.2) is 29.4 Å². The molecule has 1 N–H and O–H groups in total. The topological polar surface area (TPSA) is 62.4 Å². The van der Waals surface area contributed by atoms with Crippen molar-refractivity contribution < 1.29 is 14.3 Å². The summed E-state index contributed by atoms with van der Waals surface area (Å²) in [6.07, 6.45) is 4.06. The number of hydrogen-bond donors (Lipinski definition) is 1. The summed E-state index contributed by atoms with van der Waals surface area (Å²) < 4.78 is 4.88. The maximum absolute atomic E-state index is 12.2. The molecular formula is C15H14N2O3. The minimum absolute atomic E-state index is 0.484. The highest BCUT2D eigenvalue weighted by Gasteiger charge is 2.46. The Morgan fingerprint density at radius 2 is 2.15 bits per heavy atom. The van der Waals surface area contributed by atoms with Gasteiger partial charge >= 0.3 is 5.97 Å². The van der Waals surface area contributed by atoms with E-state index in [1.54, 1.807) is 13.1 Å². The zero-order valence-corrected chi connectivity index (χ0v) is 11.2. The second-order valence-corrected chi connectivity index (χ2v) is 4.85. The number of aromatic nitrogens is 1. The monoisotopic (exact) mass is 270 g/mol. The lowest BCUT2D eigenvalue weighted by atomic mass is 9.89. The van der Waals surface area contributed by atoms with Crippen molar-refractivity contribution in [3.8, 4) is 0 Å². The number of para-hydroxylation sites is 1. The Labute approximate surface area is 115 Å². The number of nitrogens with one attached hydrogen (secondary N) is 1. The molecular weight excluding hydrogens is 256 g/mol. The Bertz CT molecular complexity index is 732. The van der Waals surface area contributed by atoms with Crippen LogP contribution in [-0.2, 0) is 19.9 Å². The van der Waals surface area contributed by atoms with Gasteiger partial charge in [0, 0.05) is 22.7 Å². The fourth-order valence-electron chi connectivity index (χ4n) is 2.70. The van der Waals surface area contributed by atoms with E-state index >= 15 is 0 Å². The number of amides is 1. The molecule has 0 saturated heterocycles. The van der Waals surface area contributed by atoms with Gasteiger partial charge in [0.1, 0.15) is 0 Å². The van der Waals surface area contributed by atoms with Crippen molar-refractivity contribution in [2.45, 2.75) is 12.5 Å². The molecule has 0 saturated carbocycles. The highest BCUT2D eigenvalue weighted by molar-refractivity contribution is 5.96.